The Morgan fingerprint density at radius 3 is 2.41 bits per heavy atom. The highest BCUT2D eigenvalue weighted by atomic mass is 79.9. The van der Waals surface area contributed by atoms with Crippen molar-refractivity contribution in [2.24, 2.45) is 0 Å². The molecule has 0 aliphatic rings. The summed E-state index contributed by atoms with van der Waals surface area (Å²) in [7, 11) is 1.58. The highest BCUT2D eigenvalue weighted by Gasteiger charge is 2.18. The normalized spacial score (nSPS) is 11.1. The van der Waals surface area contributed by atoms with Crippen LogP contribution in [0.5, 0.6) is 11.6 Å². The number of phenolic OH excluding ortho intramolecular Hbond substituents is 1. The number of nitrogens with zero attached hydrogens (tertiary/aromatic N) is 2. The van der Waals surface area contributed by atoms with Gasteiger partial charge in [-0.2, -0.15) is 0 Å². The first-order chi connectivity index (χ1) is 13.0. The number of aromatic hydroxyl groups is 1. The molecule has 4 aromatic rings. The maximum atomic E-state index is 10.0. The fraction of sp³-hybridized carbons (Fsp3) is 0.143. The van der Waals surface area contributed by atoms with Gasteiger partial charge in [-0.15, -0.1) is 10.2 Å². The summed E-state index contributed by atoms with van der Waals surface area (Å²) in [5.41, 5.74) is 5.93. The number of methoxy groups -OCH3 is 1. The third kappa shape index (κ3) is 2.96. The van der Waals surface area contributed by atoms with Gasteiger partial charge in [0.25, 0.3) is 0 Å². The molecule has 136 valence electrons. The summed E-state index contributed by atoms with van der Waals surface area (Å²) < 4.78 is 6.41. The molecule has 5 nitrogen and oxygen atoms in total. The molecule has 0 amide bonds. The summed E-state index contributed by atoms with van der Waals surface area (Å²) in [6, 6.07) is 13.8. The van der Waals surface area contributed by atoms with Gasteiger partial charge in [-0.25, -0.2) is 0 Å². The van der Waals surface area contributed by atoms with E-state index in [4.69, 9.17) is 4.74 Å². The molecule has 0 atom stereocenters. The van der Waals surface area contributed by atoms with Crippen LogP contribution in [0.25, 0.3) is 33.4 Å². The SMILES string of the molecule is COc1nnc(-c2cc(C)c(O)c(C)c2)cc1-c1[nH]c2ccccc2c1Br. The molecule has 27 heavy (non-hydrogen) atoms. The highest BCUT2D eigenvalue weighted by Crippen LogP contribution is 2.39. The Labute approximate surface area is 165 Å². The van der Waals surface area contributed by atoms with Gasteiger partial charge in [0.1, 0.15) is 5.75 Å². The van der Waals surface area contributed by atoms with Crippen molar-refractivity contribution < 1.29 is 9.84 Å². The van der Waals surface area contributed by atoms with Crippen molar-refractivity contribution in [2.75, 3.05) is 7.11 Å². The largest absolute Gasteiger partial charge is 0.507 e. The summed E-state index contributed by atoms with van der Waals surface area (Å²) in [6.07, 6.45) is 0. The zero-order valence-corrected chi connectivity index (χ0v) is 16.8. The van der Waals surface area contributed by atoms with Gasteiger partial charge in [-0.1, -0.05) is 18.2 Å². The van der Waals surface area contributed by atoms with Crippen LogP contribution in [0.1, 0.15) is 11.1 Å². The fourth-order valence-corrected chi connectivity index (χ4v) is 3.91. The smallest absolute Gasteiger partial charge is 0.242 e. The molecule has 0 unspecified atom stereocenters. The number of rotatable bonds is 3. The molecular formula is C21H18BrN3O2. The predicted molar refractivity (Wildman–Crippen MR) is 110 cm³/mol. The minimum Gasteiger partial charge on any atom is -0.507 e. The Balaban J connectivity index is 1.93. The minimum absolute atomic E-state index is 0.304. The molecule has 0 aliphatic heterocycles. The molecule has 0 bridgehead atoms. The lowest BCUT2D eigenvalue weighted by Crippen LogP contribution is -1.97. The van der Waals surface area contributed by atoms with Crippen LogP contribution < -0.4 is 4.74 Å². The van der Waals surface area contributed by atoms with Crippen molar-refractivity contribution in [3.63, 3.8) is 0 Å². The van der Waals surface area contributed by atoms with Crippen LogP contribution in [0.15, 0.2) is 46.9 Å². The molecule has 0 saturated carbocycles. The molecule has 0 fully saturated rings. The van der Waals surface area contributed by atoms with Crippen molar-refractivity contribution in [2.45, 2.75) is 13.8 Å². The van der Waals surface area contributed by atoms with E-state index in [-0.39, 0.29) is 0 Å². The molecule has 0 aliphatic carbocycles. The summed E-state index contributed by atoms with van der Waals surface area (Å²) >= 11 is 3.70. The van der Waals surface area contributed by atoms with Crippen molar-refractivity contribution in [1.82, 2.24) is 15.2 Å². The van der Waals surface area contributed by atoms with Gasteiger partial charge in [-0.3, -0.25) is 0 Å². The van der Waals surface area contributed by atoms with Crippen molar-refractivity contribution in [3.05, 3.63) is 58.1 Å². The van der Waals surface area contributed by atoms with Crippen molar-refractivity contribution in [3.8, 4) is 34.1 Å². The zero-order valence-electron chi connectivity index (χ0n) is 15.2. The van der Waals surface area contributed by atoms with E-state index in [2.05, 4.69) is 31.1 Å². The highest BCUT2D eigenvalue weighted by molar-refractivity contribution is 9.10. The Morgan fingerprint density at radius 1 is 1.04 bits per heavy atom. The predicted octanol–water partition coefficient (Wildman–Crippen LogP) is 5.39. The van der Waals surface area contributed by atoms with E-state index in [9.17, 15) is 5.11 Å². The molecule has 2 aromatic heterocycles. The second-order valence-corrected chi connectivity index (χ2v) is 7.26. The monoisotopic (exact) mass is 423 g/mol. The summed E-state index contributed by atoms with van der Waals surface area (Å²) in [4.78, 5) is 3.43. The number of aromatic nitrogens is 3. The fourth-order valence-electron chi connectivity index (χ4n) is 3.25. The molecule has 2 N–H and O–H groups in total. The average molecular weight is 424 g/mol. The van der Waals surface area contributed by atoms with Crippen LogP contribution in [0.3, 0.4) is 0 Å². The van der Waals surface area contributed by atoms with Gasteiger partial charge in [-0.05, 0) is 65.2 Å². The number of halogens is 1. The molecule has 6 heteroatoms. The standard InChI is InChI=1S/C21H18BrN3O2/c1-11-8-13(9-12(2)20(11)26)17-10-15(21(27-3)25-24-17)19-18(22)14-6-4-5-7-16(14)23-19/h4-10,23,26H,1-3H3. The number of benzene rings is 2. The maximum Gasteiger partial charge on any atom is 0.242 e. The maximum absolute atomic E-state index is 10.0. The van der Waals surface area contributed by atoms with Gasteiger partial charge in [0, 0.05) is 16.5 Å². The molecule has 0 saturated heterocycles. The second kappa shape index (κ2) is 6.70. The van der Waals surface area contributed by atoms with Gasteiger partial charge >= 0.3 is 0 Å². The van der Waals surface area contributed by atoms with Crippen LogP contribution in [-0.4, -0.2) is 27.4 Å². The summed E-state index contributed by atoms with van der Waals surface area (Å²) in [6.45, 7) is 3.75. The Morgan fingerprint density at radius 2 is 1.74 bits per heavy atom. The van der Waals surface area contributed by atoms with Crippen LogP contribution in [0, 0.1) is 13.8 Å². The number of ether oxygens (including phenoxy) is 1. The van der Waals surface area contributed by atoms with E-state index in [0.29, 0.717) is 17.3 Å². The number of hydrogen-bond donors (Lipinski definition) is 2. The zero-order chi connectivity index (χ0) is 19.1. The molecule has 2 aromatic carbocycles. The number of fused-ring (bicyclic) bond motifs is 1. The van der Waals surface area contributed by atoms with Crippen molar-refractivity contribution in [1.29, 1.82) is 0 Å². The Bertz CT molecular complexity index is 1140. The van der Waals surface area contributed by atoms with Gasteiger partial charge in [0.15, 0.2) is 0 Å². The van der Waals surface area contributed by atoms with Gasteiger partial charge in [0.05, 0.1) is 28.5 Å². The number of hydrogen-bond acceptors (Lipinski definition) is 4. The lowest BCUT2D eigenvalue weighted by atomic mass is 10.0. The van der Waals surface area contributed by atoms with Crippen molar-refractivity contribution >= 4 is 26.8 Å². The van der Waals surface area contributed by atoms with Crippen LogP contribution in [0.2, 0.25) is 0 Å². The Hall–Kier alpha value is -2.86. The van der Waals surface area contributed by atoms with E-state index in [1.165, 1.54) is 0 Å². The third-order valence-electron chi connectivity index (χ3n) is 4.65. The van der Waals surface area contributed by atoms with E-state index >= 15 is 0 Å². The average Bonchev–Trinajstić information content (AvgIpc) is 3.02. The molecule has 4 rings (SSSR count). The first kappa shape index (κ1) is 17.5. The lowest BCUT2D eigenvalue weighted by Gasteiger charge is -2.10. The van der Waals surface area contributed by atoms with E-state index in [1.807, 2.05) is 56.3 Å². The number of aryl methyl sites for hydroxylation is 2. The van der Waals surface area contributed by atoms with Crippen LogP contribution >= 0.6 is 15.9 Å². The number of phenols is 1. The quantitative estimate of drug-likeness (QED) is 0.463. The summed E-state index contributed by atoms with van der Waals surface area (Å²) in [5.74, 6) is 0.747. The molecule has 0 radical (unpaired) electrons. The minimum atomic E-state index is 0.304. The number of nitrogens with one attached hydrogen (secondary N) is 1. The first-order valence-electron chi connectivity index (χ1n) is 8.48. The lowest BCUT2D eigenvalue weighted by molar-refractivity contribution is 0.394. The number of H-pyrrole nitrogens is 1. The Kier molecular flexibility index (Phi) is 4.36. The van der Waals surface area contributed by atoms with Crippen LogP contribution in [-0.2, 0) is 0 Å². The van der Waals surface area contributed by atoms with E-state index < -0.39 is 0 Å². The van der Waals surface area contributed by atoms with Crippen LogP contribution in [0.4, 0.5) is 0 Å². The third-order valence-corrected chi connectivity index (χ3v) is 5.48. The van der Waals surface area contributed by atoms with E-state index in [0.717, 1.165) is 43.3 Å². The molecular weight excluding hydrogens is 406 g/mol. The number of aromatic amines is 1. The molecule has 0 spiro atoms. The van der Waals surface area contributed by atoms with Gasteiger partial charge < -0.3 is 14.8 Å². The second-order valence-electron chi connectivity index (χ2n) is 6.47. The number of para-hydroxylation sites is 1. The topological polar surface area (TPSA) is 71.0 Å². The van der Waals surface area contributed by atoms with Gasteiger partial charge in [0.2, 0.25) is 5.88 Å². The molecule has 2 heterocycles. The first-order valence-corrected chi connectivity index (χ1v) is 9.27. The van der Waals surface area contributed by atoms with E-state index in [1.54, 1.807) is 7.11 Å². The summed E-state index contributed by atoms with van der Waals surface area (Å²) in [5, 5.41) is 19.7.